The van der Waals surface area contributed by atoms with Crippen LogP contribution < -0.4 is 5.11 Å². The molecule has 0 saturated heterocycles. The van der Waals surface area contributed by atoms with Crippen molar-refractivity contribution < 1.29 is 19.8 Å². The van der Waals surface area contributed by atoms with Gasteiger partial charge in [-0.2, -0.15) is 0 Å². The molecule has 156 valence electrons. The fourth-order valence-corrected chi connectivity index (χ4v) is 8.05. The second-order valence-electron chi connectivity index (χ2n) is 10.7. The van der Waals surface area contributed by atoms with Crippen molar-refractivity contribution in [3.05, 3.63) is 11.6 Å². The number of aliphatic carboxylic acids is 1. The Morgan fingerprint density at radius 1 is 1.25 bits per heavy atom. The molecule has 4 rings (SSSR count). The van der Waals surface area contributed by atoms with Crippen molar-refractivity contribution in [2.24, 2.45) is 40.4 Å². The highest BCUT2D eigenvalue weighted by Gasteiger charge is 2.61. The van der Waals surface area contributed by atoms with E-state index in [0.29, 0.717) is 48.9 Å². The summed E-state index contributed by atoms with van der Waals surface area (Å²) in [6.07, 6.45) is 9.11. The quantitative estimate of drug-likeness (QED) is 0.803. The summed E-state index contributed by atoms with van der Waals surface area (Å²) in [6.45, 7) is 6.96. The average Bonchev–Trinajstić information content (AvgIpc) is 2.98. The first kappa shape index (κ1) is 20.1. The van der Waals surface area contributed by atoms with Gasteiger partial charge in [-0.25, -0.2) is 0 Å². The number of carbonyl (C=O) groups is 2. The zero-order chi connectivity index (χ0) is 20.3. The fraction of sp³-hybridized carbons (Fsp3) is 0.833. The molecule has 0 bridgehead atoms. The van der Waals surface area contributed by atoms with Crippen LogP contribution in [-0.2, 0) is 9.59 Å². The predicted octanol–water partition coefficient (Wildman–Crippen LogP) is 3.27. The monoisotopic (exact) mass is 387 g/mol. The van der Waals surface area contributed by atoms with E-state index in [1.54, 1.807) is 0 Å². The van der Waals surface area contributed by atoms with E-state index in [0.717, 1.165) is 32.1 Å². The van der Waals surface area contributed by atoms with Gasteiger partial charge in [0, 0.05) is 12.4 Å². The van der Waals surface area contributed by atoms with E-state index < -0.39 is 5.97 Å². The lowest BCUT2D eigenvalue weighted by Gasteiger charge is -2.59. The van der Waals surface area contributed by atoms with E-state index in [1.807, 2.05) is 6.08 Å². The second-order valence-corrected chi connectivity index (χ2v) is 10.7. The number of carboxylic acids is 1. The Kier molecular flexibility index (Phi) is 5.01. The molecule has 0 aromatic heterocycles. The molecular weight excluding hydrogens is 352 g/mol. The van der Waals surface area contributed by atoms with Gasteiger partial charge in [0.05, 0.1) is 6.10 Å². The number of carboxylic acid groups (broad SMARTS) is 1. The first-order chi connectivity index (χ1) is 13.2. The molecule has 0 aromatic rings. The Morgan fingerprint density at radius 3 is 2.71 bits per heavy atom. The van der Waals surface area contributed by atoms with E-state index >= 15 is 0 Å². The van der Waals surface area contributed by atoms with Gasteiger partial charge in [0.25, 0.3) is 0 Å². The molecule has 3 saturated carbocycles. The average molecular weight is 388 g/mol. The minimum atomic E-state index is -0.947. The molecule has 0 amide bonds. The van der Waals surface area contributed by atoms with Crippen molar-refractivity contribution in [3.63, 3.8) is 0 Å². The Labute approximate surface area is 168 Å². The number of carbonyl (C=O) groups excluding carboxylic acids is 2. The first-order valence-electron chi connectivity index (χ1n) is 11.3. The molecule has 4 aliphatic carbocycles. The maximum Gasteiger partial charge on any atom is 0.155 e. The van der Waals surface area contributed by atoms with E-state index in [1.165, 1.54) is 5.57 Å². The number of rotatable bonds is 4. The summed E-state index contributed by atoms with van der Waals surface area (Å²) in [5, 5.41) is 22.1. The summed E-state index contributed by atoms with van der Waals surface area (Å²) in [5.41, 5.74) is 1.45. The summed E-state index contributed by atoms with van der Waals surface area (Å²) >= 11 is 0. The fourth-order valence-electron chi connectivity index (χ4n) is 8.05. The van der Waals surface area contributed by atoms with Gasteiger partial charge in [0.2, 0.25) is 0 Å². The largest absolute Gasteiger partial charge is 0.550 e. The molecule has 4 nitrogen and oxygen atoms in total. The van der Waals surface area contributed by atoms with Crippen LogP contribution in [0.1, 0.15) is 78.6 Å². The van der Waals surface area contributed by atoms with Crippen molar-refractivity contribution in [2.45, 2.75) is 84.7 Å². The highest BCUT2D eigenvalue weighted by atomic mass is 16.4. The lowest BCUT2D eigenvalue weighted by molar-refractivity contribution is -0.306. The smallest absolute Gasteiger partial charge is 0.155 e. The minimum Gasteiger partial charge on any atom is -0.550 e. The molecule has 4 aliphatic rings. The van der Waals surface area contributed by atoms with Crippen LogP contribution >= 0.6 is 0 Å². The summed E-state index contributed by atoms with van der Waals surface area (Å²) in [6, 6.07) is 0. The molecule has 0 heterocycles. The Bertz CT molecular complexity index is 697. The number of hydrogen-bond acceptors (Lipinski definition) is 4. The van der Waals surface area contributed by atoms with Crippen molar-refractivity contribution in [3.8, 4) is 0 Å². The standard InChI is InChI=1S/C24H36O4/c1-14(4-7-21(27)28)17-5-6-18-22-19(9-11-24(17,18)3)23(2)10-8-16(25)12-15(23)13-20(22)26/h12,14,17-20,22,26H,4-11,13H2,1-3H3,(H,27,28)/p-1/t14-,17-,18+,19+,20-,22+,23+,24-/m1/s1. The van der Waals surface area contributed by atoms with Gasteiger partial charge in [-0.05, 0) is 97.9 Å². The number of aliphatic hydroxyl groups is 1. The van der Waals surface area contributed by atoms with Gasteiger partial charge in [0.15, 0.2) is 5.78 Å². The number of fused-ring (bicyclic) bond motifs is 5. The maximum absolute atomic E-state index is 12.0. The third-order valence-electron chi connectivity index (χ3n) is 9.55. The number of hydrogen-bond donors (Lipinski definition) is 1. The number of aliphatic hydroxyl groups excluding tert-OH is 1. The van der Waals surface area contributed by atoms with Crippen LogP contribution in [-0.4, -0.2) is 23.0 Å². The van der Waals surface area contributed by atoms with Crippen LogP contribution in [0.25, 0.3) is 0 Å². The van der Waals surface area contributed by atoms with E-state index in [-0.39, 0.29) is 29.1 Å². The van der Waals surface area contributed by atoms with Crippen LogP contribution in [0, 0.1) is 40.4 Å². The predicted molar refractivity (Wildman–Crippen MR) is 105 cm³/mol. The molecule has 28 heavy (non-hydrogen) atoms. The highest BCUT2D eigenvalue weighted by molar-refractivity contribution is 5.91. The van der Waals surface area contributed by atoms with Gasteiger partial charge in [-0.3, -0.25) is 4.79 Å². The minimum absolute atomic E-state index is 0.0673. The van der Waals surface area contributed by atoms with Crippen molar-refractivity contribution in [1.29, 1.82) is 0 Å². The molecule has 4 heteroatoms. The maximum atomic E-state index is 12.0. The second kappa shape index (κ2) is 6.97. The van der Waals surface area contributed by atoms with Gasteiger partial charge in [-0.15, -0.1) is 0 Å². The van der Waals surface area contributed by atoms with E-state index in [4.69, 9.17) is 0 Å². The van der Waals surface area contributed by atoms with Gasteiger partial charge in [0.1, 0.15) is 0 Å². The van der Waals surface area contributed by atoms with Crippen molar-refractivity contribution in [2.75, 3.05) is 0 Å². The van der Waals surface area contributed by atoms with Crippen molar-refractivity contribution in [1.82, 2.24) is 0 Å². The van der Waals surface area contributed by atoms with E-state index in [2.05, 4.69) is 20.8 Å². The Morgan fingerprint density at radius 2 is 2.00 bits per heavy atom. The third kappa shape index (κ3) is 2.98. The number of ketones is 1. The first-order valence-corrected chi connectivity index (χ1v) is 11.3. The van der Waals surface area contributed by atoms with Crippen LogP contribution in [0.15, 0.2) is 11.6 Å². The lowest BCUT2D eigenvalue weighted by atomic mass is 9.45. The van der Waals surface area contributed by atoms with Gasteiger partial charge < -0.3 is 15.0 Å². The van der Waals surface area contributed by atoms with Crippen LogP contribution in [0.5, 0.6) is 0 Å². The molecule has 0 radical (unpaired) electrons. The molecule has 8 atom stereocenters. The summed E-state index contributed by atoms with van der Waals surface area (Å²) in [4.78, 5) is 22.9. The molecule has 0 aromatic carbocycles. The van der Waals surface area contributed by atoms with E-state index in [9.17, 15) is 19.8 Å². The molecule has 0 spiro atoms. The molecule has 0 unspecified atom stereocenters. The van der Waals surface area contributed by atoms with Crippen LogP contribution in [0.4, 0.5) is 0 Å². The molecular formula is C24H35O4-. The zero-order valence-electron chi connectivity index (χ0n) is 17.6. The topological polar surface area (TPSA) is 77.4 Å². The molecule has 1 N–H and O–H groups in total. The molecule has 0 aliphatic heterocycles. The Balaban J connectivity index is 1.59. The SMILES string of the molecule is C[C@H](CCC(=O)[O-])[C@H]1CC[C@H]2[C@@H]3[C@H](O)CC4=CC(=O)CC[C@]4(C)[C@H]3CC[C@]12C. The zero-order valence-corrected chi connectivity index (χ0v) is 17.6. The summed E-state index contributed by atoms with van der Waals surface area (Å²) < 4.78 is 0. The van der Waals surface area contributed by atoms with Gasteiger partial charge in [-0.1, -0.05) is 26.3 Å². The highest BCUT2D eigenvalue weighted by Crippen LogP contribution is 2.67. The Hall–Kier alpha value is -1.16. The summed E-state index contributed by atoms with van der Waals surface area (Å²) in [5.74, 6) is 1.47. The third-order valence-corrected chi connectivity index (χ3v) is 9.55. The lowest BCUT2D eigenvalue weighted by Crippen LogP contribution is -2.55. The normalized spacial score (nSPS) is 46.2. The van der Waals surface area contributed by atoms with Crippen molar-refractivity contribution >= 4 is 11.8 Å². The van der Waals surface area contributed by atoms with Crippen LogP contribution in [0.3, 0.4) is 0 Å². The molecule has 3 fully saturated rings. The van der Waals surface area contributed by atoms with Gasteiger partial charge >= 0.3 is 0 Å². The van der Waals surface area contributed by atoms with Crippen LogP contribution in [0.2, 0.25) is 0 Å². The summed E-state index contributed by atoms with van der Waals surface area (Å²) in [7, 11) is 0.